The lowest BCUT2D eigenvalue weighted by molar-refractivity contribution is 0.529. The average molecular weight is 281 g/mol. The lowest BCUT2D eigenvalue weighted by Crippen LogP contribution is -2.10. The van der Waals surface area contributed by atoms with Gasteiger partial charge in [0.05, 0.1) is 28.8 Å². The van der Waals surface area contributed by atoms with E-state index in [4.69, 9.17) is 17.3 Å². The maximum absolute atomic E-state index is 13.4. The van der Waals surface area contributed by atoms with Crippen molar-refractivity contribution in [1.29, 1.82) is 0 Å². The Kier molecular flexibility index (Phi) is 2.83. The summed E-state index contributed by atoms with van der Waals surface area (Å²) in [5.41, 5.74) is 7.02. The van der Waals surface area contributed by atoms with Crippen LogP contribution in [0.5, 0.6) is 0 Å². The van der Waals surface area contributed by atoms with Gasteiger partial charge in [-0.05, 0) is 6.07 Å². The number of fused-ring (bicyclic) bond motifs is 1. The van der Waals surface area contributed by atoms with E-state index >= 15 is 0 Å². The minimum atomic E-state index is -0.505. The molecular weight excluding hydrogens is 271 g/mol. The van der Waals surface area contributed by atoms with Crippen LogP contribution in [0, 0.1) is 5.82 Å². The topological polar surface area (TPSA) is 74.5 Å². The van der Waals surface area contributed by atoms with Crippen LogP contribution in [0.1, 0.15) is 0 Å². The third-order valence-electron chi connectivity index (χ3n) is 2.84. The average Bonchev–Trinajstić information content (AvgIpc) is 2.96. The fourth-order valence-electron chi connectivity index (χ4n) is 1.93. The predicted octanol–water partition coefficient (Wildman–Crippen LogP) is 1.70. The molecule has 0 saturated carbocycles. The van der Waals surface area contributed by atoms with Crippen molar-refractivity contribution in [2.24, 2.45) is 0 Å². The van der Waals surface area contributed by atoms with Gasteiger partial charge in [-0.15, -0.1) is 5.10 Å². The molecule has 0 aliphatic rings. The van der Waals surface area contributed by atoms with E-state index in [1.165, 1.54) is 12.1 Å². The number of anilines is 1. The largest absolute Gasteiger partial charge is 0.369 e. The molecule has 3 rings (SSSR count). The Morgan fingerprint density at radius 2 is 2.16 bits per heavy atom. The second-order valence-electron chi connectivity index (χ2n) is 4.04. The highest BCUT2D eigenvalue weighted by Crippen LogP contribution is 2.24. The molecule has 0 saturated heterocycles. The molecule has 0 radical (unpaired) electrons. The van der Waals surface area contributed by atoms with Gasteiger partial charge >= 0.3 is 0 Å². The summed E-state index contributed by atoms with van der Waals surface area (Å²) in [6, 6.07) is 2.80. The molecule has 0 unspecified atom stereocenters. The molecular formula is C11H10ClFN6. The summed E-state index contributed by atoms with van der Waals surface area (Å²) in [4.78, 5) is 4.11. The van der Waals surface area contributed by atoms with Gasteiger partial charge in [-0.2, -0.15) is 0 Å². The zero-order chi connectivity index (χ0) is 13.4. The van der Waals surface area contributed by atoms with Crippen molar-refractivity contribution >= 4 is 28.6 Å². The molecule has 98 valence electrons. The maximum Gasteiger partial charge on any atom is 0.201 e. The third-order valence-corrected chi connectivity index (χ3v) is 3.13. The Balaban J connectivity index is 1.98. The Hall–Kier alpha value is -2.15. The van der Waals surface area contributed by atoms with Crippen LogP contribution < -0.4 is 5.73 Å². The summed E-state index contributed by atoms with van der Waals surface area (Å²) < 4.78 is 16.8. The Morgan fingerprint density at radius 1 is 1.32 bits per heavy atom. The molecule has 0 atom stereocenters. The molecule has 0 aliphatic heterocycles. The highest BCUT2D eigenvalue weighted by Gasteiger charge is 2.11. The van der Waals surface area contributed by atoms with E-state index in [0.29, 0.717) is 30.1 Å². The summed E-state index contributed by atoms with van der Waals surface area (Å²) in [5, 5.41) is 7.63. The first kappa shape index (κ1) is 11.9. The first-order chi connectivity index (χ1) is 9.15. The predicted molar refractivity (Wildman–Crippen MR) is 69.1 cm³/mol. The van der Waals surface area contributed by atoms with E-state index < -0.39 is 5.82 Å². The number of hydrogen-bond donors (Lipinski definition) is 1. The molecule has 0 bridgehead atoms. The van der Waals surface area contributed by atoms with Crippen molar-refractivity contribution in [2.45, 2.75) is 13.1 Å². The van der Waals surface area contributed by atoms with Gasteiger partial charge in [0.2, 0.25) is 5.95 Å². The van der Waals surface area contributed by atoms with Crippen LogP contribution in [0.3, 0.4) is 0 Å². The summed E-state index contributed by atoms with van der Waals surface area (Å²) in [5.74, 6) is -0.188. The number of nitrogen functional groups attached to an aromatic ring is 1. The molecule has 0 aliphatic carbocycles. The summed E-state index contributed by atoms with van der Waals surface area (Å²) in [6.07, 6.45) is 3.35. The molecule has 2 aromatic heterocycles. The van der Waals surface area contributed by atoms with Gasteiger partial charge in [-0.3, -0.25) is 4.68 Å². The number of aryl methyl sites for hydroxylation is 2. The lowest BCUT2D eigenvalue weighted by Gasteiger charge is -2.06. The van der Waals surface area contributed by atoms with Crippen LogP contribution in [-0.4, -0.2) is 24.5 Å². The van der Waals surface area contributed by atoms with E-state index in [1.807, 2.05) is 0 Å². The monoisotopic (exact) mass is 280 g/mol. The number of benzene rings is 1. The first-order valence-corrected chi connectivity index (χ1v) is 5.98. The molecule has 19 heavy (non-hydrogen) atoms. The molecule has 8 heteroatoms. The van der Waals surface area contributed by atoms with Gasteiger partial charge in [-0.25, -0.2) is 9.37 Å². The Morgan fingerprint density at radius 3 is 2.89 bits per heavy atom. The van der Waals surface area contributed by atoms with Crippen molar-refractivity contribution in [3.63, 3.8) is 0 Å². The smallest absolute Gasteiger partial charge is 0.201 e. The van der Waals surface area contributed by atoms with Crippen LogP contribution in [0.25, 0.3) is 11.0 Å². The SMILES string of the molecule is Nc1nc2cc(F)c(Cl)cc2n1CCn1ccnn1. The highest BCUT2D eigenvalue weighted by molar-refractivity contribution is 6.31. The van der Waals surface area contributed by atoms with Crippen LogP contribution in [-0.2, 0) is 13.1 Å². The van der Waals surface area contributed by atoms with Crippen molar-refractivity contribution < 1.29 is 4.39 Å². The van der Waals surface area contributed by atoms with Crippen LogP contribution in [0.4, 0.5) is 10.3 Å². The Labute approximate surface area is 112 Å². The fourth-order valence-corrected chi connectivity index (χ4v) is 2.09. The number of rotatable bonds is 3. The fraction of sp³-hybridized carbons (Fsp3) is 0.182. The number of imidazole rings is 1. The lowest BCUT2D eigenvalue weighted by atomic mass is 10.3. The van der Waals surface area contributed by atoms with Crippen LogP contribution >= 0.6 is 11.6 Å². The van der Waals surface area contributed by atoms with Gasteiger partial charge < -0.3 is 10.3 Å². The summed E-state index contributed by atoms with van der Waals surface area (Å²) in [6.45, 7) is 1.14. The minimum Gasteiger partial charge on any atom is -0.369 e. The molecule has 0 spiro atoms. The zero-order valence-corrected chi connectivity index (χ0v) is 10.5. The van der Waals surface area contributed by atoms with Crippen molar-refractivity contribution in [3.05, 3.63) is 35.4 Å². The van der Waals surface area contributed by atoms with Crippen molar-refractivity contribution in [2.75, 3.05) is 5.73 Å². The maximum atomic E-state index is 13.4. The zero-order valence-electron chi connectivity index (χ0n) is 9.79. The molecule has 1 aromatic carbocycles. The van der Waals surface area contributed by atoms with Crippen LogP contribution in [0.15, 0.2) is 24.5 Å². The molecule has 0 fully saturated rings. The van der Waals surface area contributed by atoms with E-state index in [9.17, 15) is 4.39 Å². The molecule has 2 heterocycles. The number of nitrogens with zero attached hydrogens (tertiary/aromatic N) is 5. The number of aromatic nitrogens is 5. The van der Waals surface area contributed by atoms with Gasteiger partial charge in [-0.1, -0.05) is 16.8 Å². The normalized spacial score (nSPS) is 11.3. The van der Waals surface area contributed by atoms with E-state index in [1.54, 1.807) is 21.6 Å². The number of nitrogens with two attached hydrogens (primary N) is 1. The van der Waals surface area contributed by atoms with Gasteiger partial charge in [0.1, 0.15) is 5.82 Å². The number of hydrogen-bond acceptors (Lipinski definition) is 4. The minimum absolute atomic E-state index is 0.0504. The van der Waals surface area contributed by atoms with E-state index in [0.717, 1.165) is 0 Å². The van der Waals surface area contributed by atoms with E-state index in [2.05, 4.69) is 15.3 Å². The van der Waals surface area contributed by atoms with Gasteiger partial charge in [0, 0.05) is 18.8 Å². The highest BCUT2D eigenvalue weighted by atomic mass is 35.5. The second kappa shape index (κ2) is 4.51. The molecule has 3 aromatic rings. The second-order valence-corrected chi connectivity index (χ2v) is 4.45. The van der Waals surface area contributed by atoms with Crippen molar-refractivity contribution in [1.82, 2.24) is 24.5 Å². The standard InChI is InChI=1S/C11H10ClFN6/c12-7-5-10-9(6-8(7)13)16-11(14)19(10)4-3-18-2-1-15-17-18/h1-2,5-6H,3-4H2,(H2,14,16). The van der Waals surface area contributed by atoms with Crippen LogP contribution in [0.2, 0.25) is 5.02 Å². The van der Waals surface area contributed by atoms with Crippen molar-refractivity contribution in [3.8, 4) is 0 Å². The van der Waals surface area contributed by atoms with E-state index in [-0.39, 0.29) is 5.02 Å². The third kappa shape index (κ3) is 2.12. The van der Waals surface area contributed by atoms with Gasteiger partial charge in [0.25, 0.3) is 0 Å². The quantitative estimate of drug-likeness (QED) is 0.792. The number of halogens is 2. The first-order valence-electron chi connectivity index (χ1n) is 5.60. The Bertz CT molecular complexity index is 720. The summed E-state index contributed by atoms with van der Waals surface area (Å²) in [7, 11) is 0. The molecule has 2 N–H and O–H groups in total. The molecule has 6 nitrogen and oxygen atoms in total. The molecule has 0 amide bonds. The van der Waals surface area contributed by atoms with Gasteiger partial charge in [0.15, 0.2) is 0 Å². The summed E-state index contributed by atoms with van der Waals surface area (Å²) >= 11 is 5.78.